The molecule has 0 saturated carbocycles. The Morgan fingerprint density at radius 2 is 2.12 bits per heavy atom. The highest BCUT2D eigenvalue weighted by Gasteiger charge is 2.12. The molecule has 6 heteroatoms. The fourth-order valence-electron chi connectivity index (χ4n) is 1.23. The second-order valence-electron chi connectivity index (χ2n) is 3.11. The molecule has 0 saturated heterocycles. The van der Waals surface area contributed by atoms with Gasteiger partial charge in [-0.15, -0.1) is 17.0 Å². The molecule has 2 rings (SSSR count). The molecular weight excluding hydrogens is 356 g/mol. The number of hydrogen-bond acceptors (Lipinski definition) is 4. The fraction of sp³-hybridized carbons (Fsp3) is 0.200. The highest BCUT2D eigenvalue weighted by Crippen LogP contribution is 2.13. The number of carbonyl (C=O) groups excluding carboxylic acids is 1. The Kier molecular flexibility index (Phi) is 5.51. The van der Waals surface area contributed by atoms with Gasteiger partial charge in [0.25, 0.3) is 0 Å². The number of halogens is 2. The van der Waals surface area contributed by atoms with E-state index < -0.39 is 0 Å². The maximum absolute atomic E-state index is 11.8. The van der Waals surface area contributed by atoms with Crippen molar-refractivity contribution in [3.05, 3.63) is 34.3 Å². The largest absolute Gasteiger partial charge is 0.292 e. The summed E-state index contributed by atoms with van der Waals surface area (Å²) in [7, 11) is 0. The number of thioether (sulfide) groups is 1. The molecule has 86 valence electrons. The summed E-state index contributed by atoms with van der Waals surface area (Å²) in [5, 5.41) is 5.82. The summed E-state index contributed by atoms with van der Waals surface area (Å²) < 4.78 is 0.980. The van der Waals surface area contributed by atoms with Crippen molar-refractivity contribution in [2.24, 2.45) is 5.10 Å². The lowest BCUT2D eigenvalue weighted by Crippen LogP contribution is -2.22. The van der Waals surface area contributed by atoms with Gasteiger partial charge in [0, 0.05) is 10.0 Å². The molecule has 0 radical (unpaired) electrons. The van der Waals surface area contributed by atoms with Crippen molar-refractivity contribution in [3.8, 4) is 0 Å². The summed E-state index contributed by atoms with van der Waals surface area (Å²) in [5.41, 5.74) is 2.49. The summed E-state index contributed by atoms with van der Waals surface area (Å²) >= 11 is 4.93. The third-order valence-corrected chi connectivity index (χ3v) is 3.22. The number of Topliss-reactive ketones (excluding diaryl/α,β-unsaturated/α-hetero) is 1. The van der Waals surface area contributed by atoms with Crippen LogP contribution < -0.4 is 0 Å². The second-order valence-corrected chi connectivity index (χ2v) is 4.83. The molecule has 0 unspecified atom stereocenters. The van der Waals surface area contributed by atoms with E-state index in [-0.39, 0.29) is 22.8 Å². The van der Waals surface area contributed by atoms with Crippen LogP contribution in [-0.2, 0) is 0 Å². The van der Waals surface area contributed by atoms with Crippen molar-refractivity contribution in [1.82, 2.24) is 5.01 Å². The van der Waals surface area contributed by atoms with Gasteiger partial charge in [0.1, 0.15) is 6.54 Å². The van der Waals surface area contributed by atoms with Crippen LogP contribution in [0.4, 0.5) is 0 Å². The molecule has 0 aromatic heterocycles. The van der Waals surface area contributed by atoms with Gasteiger partial charge in [0.15, 0.2) is 5.78 Å². The third-order valence-electron chi connectivity index (χ3n) is 2.00. The summed E-state index contributed by atoms with van der Waals surface area (Å²) in [6, 6.07) is 7.38. The minimum absolute atomic E-state index is 0. The van der Waals surface area contributed by atoms with Gasteiger partial charge in [-0.05, 0) is 12.1 Å². The molecule has 1 aromatic rings. The number of ketones is 1. The molecule has 0 amide bonds. The first kappa shape index (κ1) is 13.7. The van der Waals surface area contributed by atoms with Crippen LogP contribution >= 0.6 is 44.7 Å². The van der Waals surface area contributed by atoms with E-state index in [1.807, 2.05) is 24.3 Å². The zero-order valence-electron chi connectivity index (χ0n) is 8.30. The monoisotopic (exact) mass is 364 g/mol. The highest BCUT2D eigenvalue weighted by atomic mass is 79.9. The minimum Gasteiger partial charge on any atom is -0.292 e. The van der Waals surface area contributed by atoms with E-state index in [9.17, 15) is 4.79 Å². The van der Waals surface area contributed by atoms with Crippen LogP contribution in [0.25, 0.3) is 0 Å². The molecule has 0 fully saturated rings. The first-order valence-corrected chi connectivity index (χ1v) is 6.27. The van der Waals surface area contributed by atoms with Gasteiger partial charge in [-0.25, -0.2) is 0 Å². The van der Waals surface area contributed by atoms with Crippen LogP contribution in [0.5, 0.6) is 0 Å². The van der Waals surface area contributed by atoms with Crippen LogP contribution in [0.2, 0.25) is 0 Å². The molecule has 16 heavy (non-hydrogen) atoms. The normalized spacial score (nSPS) is 13.7. The lowest BCUT2D eigenvalue weighted by molar-refractivity contribution is 0.0946. The quantitative estimate of drug-likeness (QED) is 0.771. The van der Waals surface area contributed by atoms with Gasteiger partial charge < -0.3 is 0 Å². The number of carbonyl (C=O) groups is 1. The molecule has 1 aliphatic heterocycles. The maximum Gasteiger partial charge on any atom is 0.183 e. The Labute approximate surface area is 117 Å². The third kappa shape index (κ3) is 3.61. The molecule has 0 bridgehead atoms. The Bertz CT molecular complexity index is 394. The Morgan fingerprint density at radius 1 is 1.44 bits per heavy atom. The lowest BCUT2D eigenvalue weighted by Gasteiger charge is -2.11. The molecule has 0 atom stereocenters. The molecule has 3 nitrogen and oxygen atoms in total. The van der Waals surface area contributed by atoms with Crippen molar-refractivity contribution in [2.45, 2.75) is 0 Å². The van der Waals surface area contributed by atoms with Crippen molar-refractivity contribution in [2.75, 3.05) is 12.4 Å². The summed E-state index contributed by atoms with van der Waals surface area (Å²) in [4.78, 5) is 11.8. The predicted octanol–water partition coefficient (Wildman–Crippen LogP) is 3.16. The second kappa shape index (κ2) is 6.42. The zero-order valence-corrected chi connectivity index (χ0v) is 12.4. The molecule has 1 heterocycles. The topological polar surface area (TPSA) is 32.7 Å². The SMILES string of the molecule is Br.O=C(CN1CSC=N1)c1ccc(Br)cc1. The number of rotatable bonds is 3. The zero-order chi connectivity index (χ0) is 10.7. The number of hydrogen-bond donors (Lipinski definition) is 0. The van der Waals surface area contributed by atoms with Gasteiger partial charge in [-0.1, -0.05) is 39.8 Å². The first-order chi connectivity index (χ1) is 7.25. The maximum atomic E-state index is 11.8. The smallest absolute Gasteiger partial charge is 0.183 e. The van der Waals surface area contributed by atoms with E-state index in [2.05, 4.69) is 21.0 Å². The molecule has 1 aliphatic rings. The van der Waals surface area contributed by atoms with Gasteiger partial charge in [0.05, 0.1) is 11.4 Å². The Balaban J connectivity index is 0.00000128. The van der Waals surface area contributed by atoms with Gasteiger partial charge in [-0.2, -0.15) is 5.10 Å². The lowest BCUT2D eigenvalue weighted by atomic mass is 10.1. The number of hydrazone groups is 1. The van der Waals surface area contributed by atoms with Crippen molar-refractivity contribution in [1.29, 1.82) is 0 Å². The van der Waals surface area contributed by atoms with E-state index in [1.165, 1.54) is 0 Å². The van der Waals surface area contributed by atoms with Crippen LogP contribution in [0, 0.1) is 0 Å². The van der Waals surface area contributed by atoms with Crippen LogP contribution in [0.3, 0.4) is 0 Å². The van der Waals surface area contributed by atoms with Crippen LogP contribution in [0.15, 0.2) is 33.8 Å². The van der Waals surface area contributed by atoms with E-state index in [1.54, 1.807) is 22.3 Å². The van der Waals surface area contributed by atoms with Gasteiger partial charge >= 0.3 is 0 Å². The van der Waals surface area contributed by atoms with E-state index in [4.69, 9.17) is 0 Å². The van der Waals surface area contributed by atoms with Crippen LogP contribution in [0.1, 0.15) is 10.4 Å². The average molecular weight is 366 g/mol. The summed E-state index contributed by atoms with van der Waals surface area (Å²) in [5.74, 6) is 0.865. The molecular formula is C10H10Br2N2OS. The van der Waals surface area contributed by atoms with Crippen LogP contribution in [-0.4, -0.2) is 28.8 Å². The van der Waals surface area contributed by atoms with Crippen molar-refractivity contribution >= 4 is 56.0 Å². The van der Waals surface area contributed by atoms with Crippen molar-refractivity contribution in [3.63, 3.8) is 0 Å². The first-order valence-electron chi connectivity index (χ1n) is 4.43. The predicted molar refractivity (Wildman–Crippen MR) is 76.5 cm³/mol. The fourth-order valence-corrected chi connectivity index (χ4v) is 2.09. The average Bonchev–Trinajstić information content (AvgIpc) is 2.71. The Morgan fingerprint density at radius 3 is 2.69 bits per heavy atom. The van der Waals surface area contributed by atoms with E-state index >= 15 is 0 Å². The molecule has 1 aromatic carbocycles. The van der Waals surface area contributed by atoms with Gasteiger partial charge in [-0.3, -0.25) is 9.80 Å². The van der Waals surface area contributed by atoms with E-state index in [0.717, 1.165) is 15.9 Å². The minimum atomic E-state index is 0. The Hall–Kier alpha value is -0.330. The van der Waals surface area contributed by atoms with E-state index in [0.29, 0.717) is 6.54 Å². The molecule has 0 aliphatic carbocycles. The molecule has 0 N–H and O–H groups in total. The number of benzene rings is 1. The number of nitrogens with zero attached hydrogens (tertiary/aromatic N) is 2. The van der Waals surface area contributed by atoms with Crippen molar-refractivity contribution < 1.29 is 4.79 Å². The summed E-state index contributed by atoms with van der Waals surface area (Å²) in [6.45, 7) is 0.352. The highest BCUT2D eigenvalue weighted by molar-refractivity contribution is 9.10. The van der Waals surface area contributed by atoms with Gasteiger partial charge in [0.2, 0.25) is 0 Å². The molecule has 0 spiro atoms. The standard InChI is InChI=1S/C10H9BrN2OS.BrH/c11-9-3-1-8(2-4-9)10(14)5-13-7-15-6-12-13;/h1-4,6H,5,7H2;1H. The summed E-state index contributed by atoms with van der Waals surface area (Å²) in [6.07, 6.45) is 0.